The highest BCUT2D eigenvalue weighted by atomic mass is 32.1. The highest BCUT2D eigenvalue weighted by Crippen LogP contribution is 2.29. The van der Waals surface area contributed by atoms with Crippen molar-refractivity contribution >= 4 is 33.4 Å². The molecule has 3 rings (SSSR count). The van der Waals surface area contributed by atoms with Crippen LogP contribution >= 0.6 is 11.3 Å². The van der Waals surface area contributed by atoms with E-state index in [-0.39, 0.29) is 12.2 Å². The first-order valence-corrected chi connectivity index (χ1v) is 9.05. The molecule has 1 aromatic heterocycles. The molecule has 0 aliphatic carbocycles. The van der Waals surface area contributed by atoms with Gasteiger partial charge in [-0.1, -0.05) is 17.4 Å². The molecule has 0 N–H and O–H groups in total. The molecule has 9 heteroatoms. The molecule has 2 aromatic carbocycles. The molecule has 0 unspecified atom stereocenters. The van der Waals surface area contributed by atoms with E-state index < -0.39 is 23.6 Å². The van der Waals surface area contributed by atoms with E-state index in [0.717, 1.165) is 29.0 Å². The maximum absolute atomic E-state index is 12.8. The highest BCUT2D eigenvalue weighted by molar-refractivity contribution is 7.16. The van der Waals surface area contributed by atoms with Gasteiger partial charge in [0.05, 0.1) is 28.0 Å². The number of amides is 1. The maximum Gasteiger partial charge on any atom is 0.416 e. The number of aromatic nitrogens is 1. The number of alkyl halides is 3. The van der Waals surface area contributed by atoms with Gasteiger partial charge >= 0.3 is 12.1 Å². The molecule has 0 saturated heterocycles. The van der Waals surface area contributed by atoms with E-state index >= 15 is 0 Å². The third-order valence-corrected chi connectivity index (χ3v) is 5.05. The van der Waals surface area contributed by atoms with Crippen molar-refractivity contribution in [2.24, 2.45) is 12.0 Å². The van der Waals surface area contributed by atoms with Crippen LogP contribution in [0.15, 0.2) is 47.5 Å². The summed E-state index contributed by atoms with van der Waals surface area (Å²) in [5.74, 6) is -1.24. The summed E-state index contributed by atoms with van der Waals surface area (Å²) in [6.07, 6.45) is -4.54. The average molecular weight is 408 g/mol. The highest BCUT2D eigenvalue weighted by Gasteiger charge is 2.30. The Kier molecular flexibility index (Phi) is 5.37. The van der Waals surface area contributed by atoms with Gasteiger partial charge in [-0.3, -0.25) is 4.79 Å². The van der Waals surface area contributed by atoms with Crippen LogP contribution in [0.1, 0.15) is 33.2 Å². The minimum Gasteiger partial charge on any atom is -0.462 e. The Labute approximate surface area is 161 Å². The van der Waals surface area contributed by atoms with Gasteiger partial charge in [0, 0.05) is 12.6 Å². The summed E-state index contributed by atoms with van der Waals surface area (Å²) in [4.78, 5) is 28.5. The summed E-state index contributed by atoms with van der Waals surface area (Å²) >= 11 is 1.15. The third kappa shape index (κ3) is 3.99. The number of halogens is 3. The summed E-state index contributed by atoms with van der Waals surface area (Å²) in [5, 5.41) is 0. The predicted molar refractivity (Wildman–Crippen MR) is 98.1 cm³/mol. The lowest BCUT2D eigenvalue weighted by Gasteiger charge is -2.06. The van der Waals surface area contributed by atoms with Gasteiger partial charge in [-0.05, 0) is 43.3 Å². The fraction of sp³-hybridized carbons (Fsp3) is 0.211. The van der Waals surface area contributed by atoms with Crippen LogP contribution in [-0.2, 0) is 18.0 Å². The number of nitrogens with zero attached hydrogens (tertiary/aromatic N) is 2. The van der Waals surface area contributed by atoms with Crippen molar-refractivity contribution in [1.82, 2.24) is 4.57 Å². The second-order valence-corrected chi connectivity index (χ2v) is 6.85. The molecular weight excluding hydrogens is 393 g/mol. The smallest absolute Gasteiger partial charge is 0.416 e. The normalized spacial score (nSPS) is 12.4. The molecule has 1 amide bonds. The molecule has 0 fully saturated rings. The van der Waals surface area contributed by atoms with Crippen LogP contribution in [0.2, 0.25) is 0 Å². The zero-order valence-electron chi connectivity index (χ0n) is 14.9. The molecule has 146 valence electrons. The Bertz CT molecular complexity index is 1130. The fourth-order valence-corrected chi connectivity index (χ4v) is 3.62. The summed E-state index contributed by atoms with van der Waals surface area (Å²) in [6.45, 7) is 1.96. The molecule has 3 aromatic rings. The molecule has 0 bridgehead atoms. The van der Waals surface area contributed by atoms with Crippen LogP contribution in [-0.4, -0.2) is 23.1 Å². The SMILES string of the molecule is CCOC(=O)c1ccc2c(c1)sc(=NC(=O)c1cccc(C(F)(F)F)c1)n2C. The quantitative estimate of drug-likeness (QED) is 0.611. The van der Waals surface area contributed by atoms with Gasteiger partial charge in [0.1, 0.15) is 0 Å². The minimum absolute atomic E-state index is 0.153. The number of aryl methyl sites for hydroxylation is 1. The number of benzene rings is 2. The summed E-state index contributed by atoms with van der Waals surface area (Å²) in [5.41, 5.74) is 0.0356. The van der Waals surface area contributed by atoms with Crippen molar-refractivity contribution in [2.75, 3.05) is 6.61 Å². The molecular formula is C19H15F3N2O3S. The Hall–Kier alpha value is -2.94. The van der Waals surface area contributed by atoms with Crippen LogP contribution in [0.5, 0.6) is 0 Å². The largest absolute Gasteiger partial charge is 0.462 e. The molecule has 0 atom stereocenters. The van der Waals surface area contributed by atoms with E-state index in [1.165, 1.54) is 12.1 Å². The zero-order chi connectivity index (χ0) is 20.5. The number of esters is 1. The van der Waals surface area contributed by atoms with E-state index in [1.54, 1.807) is 36.7 Å². The number of carbonyl (C=O) groups is 2. The lowest BCUT2D eigenvalue weighted by Crippen LogP contribution is -2.14. The van der Waals surface area contributed by atoms with Crippen molar-refractivity contribution in [3.63, 3.8) is 0 Å². The van der Waals surface area contributed by atoms with Gasteiger partial charge < -0.3 is 9.30 Å². The summed E-state index contributed by atoms with van der Waals surface area (Å²) in [6, 6.07) is 9.06. The lowest BCUT2D eigenvalue weighted by molar-refractivity contribution is -0.137. The summed E-state index contributed by atoms with van der Waals surface area (Å²) < 4.78 is 45.8. The number of carbonyl (C=O) groups excluding carboxylic acids is 2. The molecule has 5 nitrogen and oxygen atoms in total. The number of hydrogen-bond donors (Lipinski definition) is 0. The van der Waals surface area contributed by atoms with Crippen LogP contribution in [0.25, 0.3) is 10.2 Å². The first-order chi connectivity index (χ1) is 13.2. The van der Waals surface area contributed by atoms with Gasteiger partial charge in [-0.2, -0.15) is 18.2 Å². The number of hydrogen-bond acceptors (Lipinski definition) is 4. The monoisotopic (exact) mass is 408 g/mol. The van der Waals surface area contributed by atoms with E-state index in [9.17, 15) is 22.8 Å². The van der Waals surface area contributed by atoms with Crippen LogP contribution < -0.4 is 4.80 Å². The third-order valence-electron chi connectivity index (χ3n) is 3.95. The molecule has 28 heavy (non-hydrogen) atoms. The lowest BCUT2D eigenvalue weighted by atomic mass is 10.1. The summed E-state index contributed by atoms with van der Waals surface area (Å²) in [7, 11) is 1.68. The molecule has 0 radical (unpaired) electrons. The standard InChI is InChI=1S/C19H15F3N2O3S/c1-3-27-17(26)12-7-8-14-15(10-12)28-18(24(14)2)23-16(25)11-5-4-6-13(9-11)19(20,21)22/h4-10H,3H2,1-2H3. The van der Waals surface area contributed by atoms with Crippen molar-refractivity contribution < 1.29 is 27.5 Å². The Morgan fingerprint density at radius 1 is 1.14 bits per heavy atom. The molecule has 0 aliphatic heterocycles. The van der Waals surface area contributed by atoms with Gasteiger partial charge in [0.25, 0.3) is 5.91 Å². The molecule has 1 heterocycles. The Balaban J connectivity index is 2.01. The zero-order valence-corrected chi connectivity index (χ0v) is 15.7. The van der Waals surface area contributed by atoms with Crippen molar-refractivity contribution in [1.29, 1.82) is 0 Å². The maximum atomic E-state index is 12.8. The number of ether oxygens (including phenoxy) is 1. The Morgan fingerprint density at radius 3 is 2.57 bits per heavy atom. The molecule has 0 saturated carbocycles. The van der Waals surface area contributed by atoms with Crippen molar-refractivity contribution in [2.45, 2.75) is 13.1 Å². The minimum atomic E-state index is -4.54. The predicted octanol–water partition coefficient (Wildman–Crippen LogP) is 4.18. The van der Waals surface area contributed by atoms with Gasteiger partial charge in [-0.25, -0.2) is 4.79 Å². The number of thiazole rings is 1. The van der Waals surface area contributed by atoms with Crippen LogP contribution in [0.3, 0.4) is 0 Å². The van der Waals surface area contributed by atoms with E-state index in [1.807, 2.05) is 0 Å². The number of rotatable bonds is 3. The second-order valence-electron chi connectivity index (χ2n) is 5.84. The first kappa shape index (κ1) is 19.8. The average Bonchev–Trinajstić information content (AvgIpc) is 2.96. The van der Waals surface area contributed by atoms with E-state index in [4.69, 9.17) is 4.74 Å². The topological polar surface area (TPSA) is 60.7 Å². The van der Waals surface area contributed by atoms with Gasteiger partial charge in [0.2, 0.25) is 0 Å². The van der Waals surface area contributed by atoms with Crippen LogP contribution in [0, 0.1) is 0 Å². The molecule has 0 aliphatic rings. The second kappa shape index (κ2) is 7.59. The van der Waals surface area contributed by atoms with E-state index in [2.05, 4.69) is 4.99 Å². The fourth-order valence-electron chi connectivity index (χ4n) is 2.56. The van der Waals surface area contributed by atoms with Crippen LogP contribution in [0.4, 0.5) is 13.2 Å². The van der Waals surface area contributed by atoms with Gasteiger partial charge in [0.15, 0.2) is 4.80 Å². The van der Waals surface area contributed by atoms with E-state index in [0.29, 0.717) is 15.1 Å². The molecule has 0 spiro atoms. The Morgan fingerprint density at radius 2 is 1.89 bits per heavy atom. The number of fused-ring (bicyclic) bond motifs is 1. The first-order valence-electron chi connectivity index (χ1n) is 8.23. The van der Waals surface area contributed by atoms with Crippen molar-refractivity contribution in [3.8, 4) is 0 Å². The van der Waals surface area contributed by atoms with Gasteiger partial charge in [-0.15, -0.1) is 0 Å². The van der Waals surface area contributed by atoms with Crippen molar-refractivity contribution in [3.05, 3.63) is 64.0 Å².